The van der Waals surface area contributed by atoms with E-state index in [1.54, 1.807) is 4.68 Å². The van der Waals surface area contributed by atoms with Gasteiger partial charge >= 0.3 is 0 Å². The molecule has 0 unspecified atom stereocenters. The molecule has 0 bridgehead atoms. The molecule has 1 aliphatic carbocycles. The fourth-order valence-electron chi connectivity index (χ4n) is 3.83. The molecule has 4 aromatic rings. The summed E-state index contributed by atoms with van der Waals surface area (Å²) in [5, 5.41) is 8.35. The molecular formula is C24H19N3O3. The third-order valence-corrected chi connectivity index (χ3v) is 5.18. The maximum absolute atomic E-state index is 12.9. The van der Waals surface area contributed by atoms with Gasteiger partial charge in [0.1, 0.15) is 24.6 Å². The topological polar surface area (TPSA) is 73.2 Å². The molecular weight excluding hydrogens is 378 g/mol. The van der Waals surface area contributed by atoms with Gasteiger partial charge in [0, 0.05) is 22.1 Å². The van der Waals surface area contributed by atoms with Crippen molar-refractivity contribution in [1.29, 1.82) is 0 Å². The zero-order chi connectivity index (χ0) is 20.5. The highest BCUT2D eigenvalue weighted by molar-refractivity contribution is 6.25. The van der Waals surface area contributed by atoms with E-state index in [0.29, 0.717) is 24.3 Å². The number of para-hydroxylation sites is 1. The monoisotopic (exact) mass is 397 g/mol. The normalized spacial score (nSPS) is 11.9. The van der Waals surface area contributed by atoms with Crippen LogP contribution in [0, 0.1) is 0 Å². The summed E-state index contributed by atoms with van der Waals surface area (Å²) in [7, 11) is 0. The Morgan fingerprint density at radius 3 is 2.47 bits per heavy atom. The summed E-state index contributed by atoms with van der Waals surface area (Å²) < 4.78 is 7.26. The molecule has 148 valence electrons. The molecule has 0 fully saturated rings. The van der Waals surface area contributed by atoms with E-state index >= 15 is 0 Å². The van der Waals surface area contributed by atoms with Gasteiger partial charge in [-0.25, -0.2) is 0 Å². The minimum absolute atomic E-state index is 0.00855. The molecule has 0 spiro atoms. The number of fused-ring (bicyclic) bond motifs is 2. The minimum atomic E-state index is -0.160. The SMILES string of the molecule is O=C(Cn1nc2c3c(cccc31)C(=O)c1ccccc1-2)NCCOc1ccccc1. The lowest BCUT2D eigenvalue weighted by molar-refractivity contribution is -0.121. The van der Waals surface area contributed by atoms with Crippen LogP contribution in [0.15, 0.2) is 72.8 Å². The van der Waals surface area contributed by atoms with Gasteiger partial charge in [0.2, 0.25) is 5.91 Å². The van der Waals surface area contributed by atoms with E-state index in [1.807, 2.05) is 72.8 Å². The first kappa shape index (κ1) is 18.1. The smallest absolute Gasteiger partial charge is 0.241 e. The van der Waals surface area contributed by atoms with Gasteiger partial charge in [-0.2, -0.15) is 5.10 Å². The third-order valence-electron chi connectivity index (χ3n) is 5.18. The second-order valence-electron chi connectivity index (χ2n) is 7.09. The number of carbonyl (C=O) groups excluding carboxylic acids is 2. The van der Waals surface area contributed by atoms with Crippen molar-refractivity contribution in [3.05, 3.63) is 83.9 Å². The second kappa shape index (κ2) is 7.48. The summed E-state index contributed by atoms with van der Waals surface area (Å²) in [6, 6.07) is 22.5. The first-order valence-electron chi connectivity index (χ1n) is 9.80. The van der Waals surface area contributed by atoms with Crippen molar-refractivity contribution in [3.8, 4) is 17.0 Å². The van der Waals surface area contributed by atoms with Crippen LogP contribution >= 0.6 is 0 Å². The predicted molar refractivity (Wildman–Crippen MR) is 114 cm³/mol. The molecule has 0 saturated carbocycles. The van der Waals surface area contributed by atoms with Gasteiger partial charge in [-0.15, -0.1) is 0 Å². The fourth-order valence-corrected chi connectivity index (χ4v) is 3.83. The van der Waals surface area contributed by atoms with Crippen LogP contribution in [0.3, 0.4) is 0 Å². The Morgan fingerprint density at radius 2 is 1.63 bits per heavy atom. The van der Waals surface area contributed by atoms with Crippen LogP contribution in [-0.2, 0) is 11.3 Å². The van der Waals surface area contributed by atoms with E-state index < -0.39 is 0 Å². The molecule has 5 rings (SSSR count). The van der Waals surface area contributed by atoms with Crippen molar-refractivity contribution in [2.45, 2.75) is 6.54 Å². The lowest BCUT2D eigenvalue weighted by Crippen LogP contribution is -2.31. The number of amides is 1. The molecule has 1 amide bonds. The molecule has 1 N–H and O–H groups in total. The molecule has 0 saturated heterocycles. The van der Waals surface area contributed by atoms with Gasteiger partial charge in [0.25, 0.3) is 0 Å². The summed E-state index contributed by atoms with van der Waals surface area (Å²) in [5.41, 5.74) is 3.60. The summed E-state index contributed by atoms with van der Waals surface area (Å²) >= 11 is 0. The van der Waals surface area contributed by atoms with Crippen LogP contribution in [0.1, 0.15) is 15.9 Å². The van der Waals surface area contributed by atoms with Crippen molar-refractivity contribution in [1.82, 2.24) is 15.1 Å². The molecule has 1 aliphatic rings. The zero-order valence-corrected chi connectivity index (χ0v) is 16.2. The van der Waals surface area contributed by atoms with Crippen molar-refractivity contribution < 1.29 is 14.3 Å². The van der Waals surface area contributed by atoms with E-state index in [9.17, 15) is 9.59 Å². The molecule has 0 radical (unpaired) electrons. The quantitative estimate of drug-likeness (QED) is 0.446. The first-order chi connectivity index (χ1) is 14.7. The molecule has 0 atom stereocenters. The van der Waals surface area contributed by atoms with Gasteiger partial charge in [-0.1, -0.05) is 54.6 Å². The number of rotatable bonds is 6. The lowest BCUT2D eigenvalue weighted by atomic mass is 9.87. The lowest BCUT2D eigenvalue weighted by Gasteiger charge is -2.13. The molecule has 1 aromatic heterocycles. The zero-order valence-electron chi connectivity index (χ0n) is 16.2. The number of aromatic nitrogens is 2. The van der Waals surface area contributed by atoms with E-state index in [-0.39, 0.29) is 18.2 Å². The standard InChI is InChI=1S/C24H19N3O3/c28-21(25-13-14-30-16-7-2-1-3-8-16)15-27-20-12-6-11-19-22(20)23(26-27)17-9-4-5-10-18(17)24(19)29/h1-12H,13-15H2,(H,25,28). The molecule has 30 heavy (non-hydrogen) atoms. The van der Waals surface area contributed by atoms with E-state index in [4.69, 9.17) is 4.74 Å². The highest BCUT2D eigenvalue weighted by Crippen LogP contribution is 2.38. The highest BCUT2D eigenvalue weighted by Gasteiger charge is 2.28. The van der Waals surface area contributed by atoms with Crippen LogP contribution in [0.5, 0.6) is 5.75 Å². The number of nitrogens with zero attached hydrogens (tertiary/aromatic N) is 2. The molecule has 6 heteroatoms. The number of hydrogen-bond acceptors (Lipinski definition) is 4. The number of nitrogens with one attached hydrogen (secondary N) is 1. The number of ether oxygens (including phenoxy) is 1. The summed E-state index contributed by atoms with van der Waals surface area (Å²) in [6.45, 7) is 0.848. The number of ketones is 1. The van der Waals surface area contributed by atoms with E-state index in [2.05, 4.69) is 10.4 Å². The fraction of sp³-hybridized carbons (Fsp3) is 0.125. The van der Waals surface area contributed by atoms with Gasteiger partial charge in [0.05, 0.1) is 12.1 Å². The van der Waals surface area contributed by atoms with E-state index in [0.717, 1.165) is 27.9 Å². The Hall–Kier alpha value is -3.93. The number of benzene rings is 3. The number of carbonyl (C=O) groups is 2. The van der Waals surface area contributed by atoms with Crippen molar-refractivity contribution >= 4 is 22.6 Å². The molecule has 1 heterocycles. The average Bonchev–Trinajstić information content (AvgIpc) is 3.15. The van der Waals surface area contributed by atoms with Crippen LogP contribution in [0.4, 0.5) is 0 Å². The Kier molecular flexibility index (Phi) is 4.52. The summed E-state index contributed by atoms with van der Waals surface area (Å²) in [4.78, 5) is 25.4. The highest BCUT2D eigenvalue weighted by atomic mass is 16.5. The predicted octanol–water partition coefficient (Wildman–Crippen LogP) is 3.44. The minimum Gasteiger partial charge on any atom is -0.492 e. The van der Waals surface area contributed by atoms with Crippen molar-refractivity contribution in [2.24, 2.45) is 0 Å². The largest absolute Gasteiger partial charge is 0.492 e. The van der Waals surface area contributed by atoms with Crippen LogP contribution in [0.2, 0.25) is 0 Å². The maximum Gasteiger partial charge on any atom is 0.241 e. The molecule has 6 nitrogen and oxygen atoms in total. The van der Waals surface area contributed by atoms with Crippen LogP contribution < -0.4 is 10.1 Å². The van der Waals surface area contributed by atoms with Gasteiger partial charge in [-0.3, -0.25) is 14.3 Å². The number of hydrogen-bond donors (Lipinski definition) is 1. The van der Waals surface area contributed by atoms with E-state index in [1.165, 1.54) is 0 Å². The molecule has 0 aliphatic heterocycles. The van der Waals surface area contributed by atoms with Gasteiger partial charge in [-0.05, 0) is 18.2 Å². The Bertz CT molecular complexity index is 1260. The summed E-state index contributed by atoms with van der Waals surface area (Å²) in [6.07, 6.45) is 0. The van der Waals surface area contributed by atoms with Gasteiger partial charge < -0.3 is 10.1 Å². The van der Waals surface area contributed by atoms with Gasteiger partial charge in [0.15, 0.2) is 5.78 Å². The molecule has 3 aromatic carbocycles. The Labute approximate surface area is 173 Å². The average molecular weight is 397 g/mol. The van der Waals surface area contributed by atoms with Crippen molar-refractivity contribution in [2.75, 3.05) is 13.2 Å². The van der Waals surface area contributed by atoms with Crippen LogP contribution in [0.25, 0.3) is 22.2 Å². The third kappa shape index (κ3) is 3.12. The Morgan fingerprint density at radius 1 is 0.900 bits per heavy atom. The second-order valence-corrected chi connectivity index (χ2v) is 7.09. The maximum atomic E-state index is 12.9. The summed E-state index contributed by atoms with van der Waals surface area (Å²) in [5.74, 6) is 0.598. The first-order valence-corrected chi connectivity index (χ1v) is 9.80. The van der Waals surface area contributed by atoms with Crippen molar-refractivity contribution in [3.63, 3.8) is 0 Å². The van der Waals surface area contributed by atoms with Crippen LogP contribution in [-0.4, -0.2) is 34.6 Å². The Balaban J connectivity index is 1.34.